The SMILES string of the molecule is COC(=O)c1[nH]c2cc(C(F)(F)F)cc(C(F)(F)F)c2c(=O)c1C(=O)OC. The van der Waals surface area contributed by atoms with Gasteiger partial charge in [-0.1, -0.05) is 0 Å². The molecule has 0 atom stereocenters. The van der Waals surface area contributed by atoms with Crippen LogP contribution in [-0.4, -0.2) is 31.1 Å². The van der Waals surface area contributed by atoms with Crippen molar-refractivity contribution in [1.82, 2.24) is 4.98 Å². The molecule has 6 nitrogen and oxygen atoms in total. The lowest BCUT2D eigenvalue weighted by Crippen LogP contribution is -2.26. The van der Waals surface area contributed by atoms with E-state index in [-0.39, 0.29) is 12.1 Å². The lowest BCUT2D eigenvalue weighted by molar-refractivity contribution is -0.142. The summed E-state index contributed by atoms with van der Waals surface area (Å²) in [5, 5.41) is -1.25. The van der Waals surface area contributed by atoms with Gasteiger partial charge in [-0.15, -0.1) is 0 Å². The van der Waals surface area contributed by atoms with Crippen LogP contribution >= 0.6 is 0 Å². The summed E-state index contributed by atoms with van der Waals surface area (Å²) >= 11 is 0. The number of benzene rings is 1. The van der Waals surface area contributed by atoms with Crippen molar-refractivity contribution >= 4 is 22.8 Å². The highest BCUT2D eigenvalue weighted by atomic mass is 19.4. The zero-order valence-electron chi connectivity index (χ0n) is 13.5. The van der Waals surface area contributed by atoms with Crippen molar-refractivity contribution < 1.29 is 45.4 Å². The van der Waals surface area contributed by atoms with E-state index in [0.717, 1.165) is 14.2 Å². The number of alkyl halides is 6. The molecule has 27 heavy (non-hydrogen) atoms. The molecule has 2 aromatic rings. The van der Waals surface area contributed by atoms with Crippen molar-refractivity contribution in [2.75, 3.05) is 14.2 Å². The summed E-state index contributed by atoms with van der Waals surface area (Å²) in [6.45, 7) is 0. The molecular weight excluding hydrogens is 388 g/mol. The highest BCUT2D eigenvalue weighted by molar-refractivity contribution is 6.05. The van der Waals surface area contributed by atoms with Gasteiger partial charge >= 0.3 is 24.3 Å². The number of pyridine rings is 1. The van der Waals surface area contributed by atoms with Crippen LogP contribution < -0.4 is 5.43 Å². The molecule has 0 aliphatic carbocycles. The second-order valence-corrected chi connectivity index (χ2v) is 5.13. The van der Waals surface area contributed by atoms with Gasteiger partial charge in [0, 0.05) is 0 Å². The molecule has 0 aliphatic heterocycles. The third-order valence-corrected chi connectivity index (χ3v) is 3.51. The Morgan fingerprint density at radius 3 is 1.93 bits per heavy atom. The van der Waals surface area contributed by atoms with Gasteiger partial charge in [-0.2, -0.15) is 26.3 Å². The van der Waals surface area contributed by atoms with Gasteiger partial charge in [-0.05, 0) is 12.1 Å². The van der Waals surface area contributed by atoms with E-state index in [4.69, 9.17) is 0 Å². The molecule has 1 heterocycles. The van der Waals surface area contributed by atoms with Crippen LogP contribution in [-0.2, 0) is 21.8 Å². The van der Waals surface area contributed by atoms with E-state index in [1.54, 1.807) is 0 Å². The van der Waals surface area contributed by atoms with Gasteiger partial charge in [0.15, 0.2) is 0 Å². The number of rotatable bonds is 2. The number of H-pyrrole nitrogens is 1. The summed E-state index contributed by atoms with van der Waals surface area (Å²) in [6.07, 6.45) is -10.5. The molecule has 0 saturated heterocycles. The Kier molecular flexibility index (Phi) is 4.95. The lowest BCUT2D eigenvalue weighted by Gasteiger charge is -2.16. The van der Waals surface area contributed by atoms with Crippen molar-refractivity contribution in [2.45, 2.75) is 12.4 Å². The van der Waals surface area contributed by atoms with Crippen LogP contribution in [0.2, 0.25) is 0 Å². The normalized spacial score (nSPS) is 12.1. The zero-order valence-corrected chi connectivity index (χ0v) is 13.5. The highest BCUT2D eigenvalue weighted by Crippen LogP contribution is 2.39. The van der Waals surface area contributed by atoms with E-state index in [2.05, 4.69) is 9.47 Å². The number of ether oxygens (including phenoxy) is 2. The van der Waals surface area contributed by atoms with Crippen molar-refractivity contribution in [3.8, 4) is 0 Å². The van der Waals surface area contributed by atoms with Gasteiger partial charge in [-0.25, -0.2) is 9.59 Å². The Hall–Kier alpha value is -3.05. The number of methoxy groups -OCH3 is 2. The Bertz CT molecular complexity index is 989. The monoisotopic (exact) mass is 397 g/mol. The fraction of sp³-hybridized carbons (Fsp3) is 0.267. The number of hydrogen-bond donors (Lipinski definition) is 1. The van der Waals surface area contributed by atoms with Crippen LogP contribution in [0, 0.1) is 0 Å². The number of nitrogens with one attached hydrogen (secondary N) is 1. The van der Waals surface area contributed by atoms with E-state index in [1.807, 2.05) is 4.98 Å². The summed E-state index contributed by atoms with van der Waals surface area (Å²) in [5.74, 6) is -2.83. The second-order valence-electron chi connectivity index (χ2n) is 5.13. The van der Waals surface area contributed by atoms with Crippen LogP contribution in [0.4, 0.5) is 26.3 Å². The minimum Gasteiger partial charge on any atom is -0.465 e. The van der Waals surface area contributed by atoms with Gasteiger partial charge in [0.05, 0.1) is 36.2 Å². The van der Waals surface area contributed by atoms with Crippen molar-refractivity contribution in [1.29, 1.82) is 0 Å². The summed E-state index contributed by atoms with van der Waals surface area (Å²) in [7, 11) is 1.63. The lowest BCUT2D eigenvalue weighted by atomic mass is 10.00. The highest BCUT2D eigenvalue weighted by Gasteiger charge is 2.40. The molecule has 0 bridgehead atoms. The first-order chi connectivity index (χ1) is 12.3. The Morgan fingerprint density at radius 2 is 1.48 bits per heavy atom. The maximum absolute atomic E-state index is 13.3. The molecule has 0 unspecified atom stereocenters. The van der Waals surface area contributed by atoms with E-state index in [0.29, 0.717) is 0 Å². The van der Waals surface area contributed by atoms with Crippen molar-refractivity contribution in [3.05, 3.63) is 44.7 Å². The maximum atomic E-state index is 13.3. The standard InChI is InChI=1S/C15H9F6NO5/c1-26-12(24)9-10(13(25)27-2)22-7-4-5(14(16,17)18)3-6(15(19,20)21)8(7)11(9)23/h3-4H,1-2H3,(H,22,23). The summed E-state index contributed by atoms with van der Waals surface area (Å²) < 4.78 is 87.3. The predicted octanol–water partition coefficient (Wildman–Crippen LogP) is 3.14. The number of carbonyl (C=O) groups excluding carboxylic acids is 2. The van der Waals surface area contributed by atoms with Gasteiger partial charge in [0.2, 0.25) is 5.43 Å². The molecule has 12 heteroatoms. The number of esters is 2. The number of aromatic amines is 1. The number of fused-ring (bicyclic) bond motifs is 1. The average Bonchev–Trinajstić information content (AvgIpc) is 2.57. The van der Waals surface area contributed by atoms with Gasteiger partial charge < -0.3 is 14.5 Å². The zero-order chi connectivity index (χ0) is 20.7. The van der Waals surface area contributed by atoms with Gasteiger partial charge in [0.25, 0.3) is 0 Å². The molecule has 146 valence electrons. The van der Waals surface area contributed by atoms with E-state index >= 15 is 0 Å². The fourth-order valence-electron chi connectivity index (χ4n) is 2.36. The molecule has 0 aliphatic rings. The number of aromatic nitrogens is 1. The molecule has 0 fully saturated rings. The summed E-state index contributed by atoms with van der Waals surface area (Å²) in [4.78, 5) is 38.0. The topological polar surface area (TPSA) is 85.5 Å². The number of hydrogen-bond acceptors (Lipinski definition) is 5. The third-order valence-electron chi connectivity index (χ3n) is 3.51. The van der Waals surface area contributed by atoms with E-state index in [1.165, 1.54) is 0 Å². The second kappa shape index (κ2) is 6.59. The molecule has 2 rings (SSSR count). The smallest absolute Gasteiger partial charge is 0.417 e. The van der Waals surface area contributed by atoms with Gasteiger partial charge in [-0.3, -0.25) is 4.79 Å². The Labute approximate surface area is 145 Å². The summed E-state index contributed by atoms with van der Waals surface area (Å²) in [6, 6.07) is -0.0318. The molecule has 0 spiro atoms. The molecule has 0 saturated carbocycles. The Morgan fingerprint density at radius 1 is 0.926 bits per heavy atom. The first kappa shape index (κ1) is 20.3. The molecule has 1 N–H and O–H groups in total. The third kappa shape index (κ3) is 3.59. The minimum absolute atomic E-state index is 0.222. The average molecular weight is 397 g/mol. The van der Waals surface area contributed by atoms with Crippen molar-refractivity contribution in [3.63, 3.8) is 0 Å². The number of carbonyl (C=O) groups is 2. The fourth-order valence-corrected chi connectivity index (χ4v) is 2.36. The van der Waals surface area contributed by atoms with Crippen LogP contribution in [0.5, 0.6) is 0 Å². The molecular formula is C15H9F6NO5. The first-order valence-electron chi connectivity index (χ1n) is 6.88. The predicted molar refractivity (Wildman–Crippen MR) is 77.3 cm³/mol. The molecule has 0 radical (unpaired) electrons. The van der Waals surface area contributed by atoms with Gasteiger partial charge in [0.1, 0.15) is 11.3 Å². The minimum atomic E-state index is -5.35. The van der Waals surface area contributed by atoms with E-state index < -0.39 is 63.0 Å². The van der Waals surface area contributed by atoms with E-state index in [9.17, 15) is 40.7 Å². The Balaban J connectivity index is 3.11. The maximum Gasteiger partial charge on any atom is 0.417 e. The largest absolute Gasteiger partial charge is 0.465 e. The summed E-state index contributed by atoms with van der Waals surface area (Å²) in [5.41, 5.74) is -8.27. The van der Waals surface area contributed by atoms with Crippen LogP contribution in [0.15, 0.2) is 16.9 Å². The molecule has 1 aromatic heterocycles. The van der Waals surface area contributed by atoms with Crippen molar-refractivity contribution in [2.24, 2.45) is 0 Å². The van der Waals surface area contributed by atoms with Crippen LogP contribution in [0.25, 0.3) is 10.9 Å². The first-order valence-corrected chi connectivity index (χ1v) is 6.88. The van der Waals surface area contributed by atoms with Crippen LogP contribution in [0.3, 0.4) is 0 Å². The molecule has 1 aromatic carbocycles. The van der Waals surface area contributed by atoms with Crippen LogP contribution in [0.1, 0.15) is 32.0 Å². The quantitative estimate of drug-likeness (QED) is 0.622. The number of halogens is 6. The molecule has 0 amide bonds.